The van der Waals surface area contributed by atoms with Crippen LogP contribution in [0.1, 0.15) is 10.4 Å². The molecule has 0 saturated carbocycles. The van der Waals surface area contributed by atoms with Crippen LogP contribution in [0, 0.1) is 0 Å². The van der Waals surface area contributed by atoms with Gasteiger partial charge in [0.15, 0.2) is 0 Å². The molecule has 0 aliphatic heterocycles. The molecule has 0 atom stereocenters. The summed E-state index contributed by atoms with van der Waals surface area (Å²) in [7, 11) is 1.30. The second-order valence-corrected chi connectivity index (χ2v) is 3.47. The molecule has 0 aromatic carbocycles. The number of furan rings is 1. The highest BCUT2D eigenvalue weighted by atomic mass is 16.5. The number of carbonyl (C=O) groups excluding carboxylic acids is 2. The summed E-state index contributed by atoms with van der Waals surface area (Å²) >= 11 is 0. The van der Waals surface area contributed by atoms with Gasteiger partial charge in [0.2, 0.25) is 0 Å². The predicted octanol–water partition coefficient (Wildman–Crippen LogP) is 0.901. The van der Waals surface area contributed by atoms with Gasteiger partial charge in [-0.25, -0.2) is 0 Å². The molecule has 2 rings (SSSR count). The van der Waals surface area contributed by atoms with Gasteiger partial charge in [-0.1, -0.05) is 0 Å². The highest BCUT2D eigenvalue weighted by molar-refractivity contribution is 6.03. The van der Waals surface area contributed by atoms with Crippen molar-refractivity contribution in [2.45, 2.75) is 6.54 Å². The Balaban J connectivity index is 1.98. The fraction of sp³-hybridized carbons (Fsp3) is 0.182. The Morgan fingerprint density at radius 2 is 2.39 bits per heavy atom. The monoisotopic (exact) mass is 249 g/mol. The number of esters is 1. The van der Waals surface area contributed by atoms with Crippen LogP contribution in [-0.4, -0.2) is 28.8 Å². The Labute approximate surface area is 102 Å². The molecule has 1 N–H and O–H groups in total. The molecular weight excluding hydrogens is 238 g/mol. The van der Waals surface area contributed by atoms with Gasteiger partial charge in [0.05, 0.1) is 30.8 Å². The number of hydrogen-bond acceptors (Lipinski definition) is 5. The van der Waals surface area contributed by atoms with Crippen molar-refractivity contribution in [2.75, 3.05) is 12.4 Å². The minimum Gasteiger partial charge on any atom is -0.472 e. The first-order valence-corrected chi connectivity index (χ1v) is 5.12. The van der Waals surface area contributed by atoms with Crippen LogP contribution in [0.4, 0.5) is 5.69 Å². The summed E-state index contributed by atoms with van der Waals surface area (Å²) in [6.07, 6.45) is 5.74. The Kier molecular flexibility index (Phi) is 3.42. The first-order valence-electron chi connectivity index (χ1n) is 5.12. The number of anilines is 1. The largest absolute Gasteiger partial charge is 0.472 e. The molecule has 2 heterocycles. The summed E-state index contributed by atoms with van der Waals surface area (Å²) < 4.78 is 10.7. The van der Waals surface area contributed by atoms with Crippen molar-refractivity contribution in [3.63, 3.8) is 0 Å². The first-order chi connectivity index (χ1) is 8.69. The van der Waals surface area contributed by atoms with Crippen LogP contribution in [-0.2, 0) is 16.1 Å². The molecule has 18 heavy (non-hydrogen) atoms. The Bertz CT molecular complexity index is 544. The zero-order valence-corrected chi connectivity index (χ0v) is 9.62. The van der Waals surface area contributed by atoms with E-state index >= 15 is 0 Å². The second kappa shape index (κ2) is 5.17. The van der Waals surface area contributed by atoms with E-state index in [9.17, 15) is 9.59 Å². The van der Waals surface area contributed by atoms with Gasteiger partial charge in [0.1, 0.15) is 12.8 Å². The molecule has 2 aromatic heterocycles. The quantitative estimate of drug-likeness (QED) is 0.813. The second-order valence-electron chi connectivity index (χ2n) is 3.47. The maximum absolute atomic E-state index is 11.7. The van der Waals surface area contributed by atoms with Crippen molar-refractivity contribution in [3.05, 3.63) is 36.5 Å². The fourth-order valence-electron chi connectivity index (χ4n) is 1.31. The Morgan fingerprint density at radius 1 is 1.56 bits per heavy atom. The summed E-state index contributed by atoms with van der Waals surface area (Å²) in [4.78, 5) is 22.7. The number of nitrogens with one attached hydrogen (secondary N) is 1. The molecule has 0 unspecified atom stereocenters. The van der Waals surface area contributed by atoms with E-state index in [2.05, 4.69) is 15.2 Å². The van der Waals surface area contributed by atoms with Crippen molar-refractivity contribution >= 4 is 17.6 Å². The highest BCUT2D eigenvalue weighted by Gasteiger charge is 2.09. The smallest absolute Gasteiger partial charge is 0.327 e. The maximum atomic E-state index is 11.7. The molecule has 2 aromatic rings. The lowest BCUT2D eigenvalue weighted by molar-refractivity contribution is -0.141. The standard InChI is InChI=1S/C11H11N3O4/c1-17-10(15)6-14-5-9(4-12-14)13-11(16)8-2-3-18-7-8/h2-5,7H,6H2,1H3,(H,13,16). The average molecular weight is 249 g/mol. The van der Waals surface area contributed by atoms with Crippen LogP contribution in [0.15, 0.2) is 35.4 Å². The first kappa shape index (κ1) is 11.9. The summed E-state index contributed by atoms with van der Waals surface area (Å²) in [6.45, 7) is -0.00190. The third-order valence-electron chi connectivity index (χ3n) is 2.19. The summed E-state index contributed by atoms with van der Waals surface area (Å²) in [6, 6.07) is 1.55. The molecule has 0 fully saturated rings. The van der Waals surface area contributed by atoms with Crippen LogP contribution >= 0.6 is 0 Å². The van der Waals surface area contributed by atoms with Gasteiger partial charge in [-0.2, -0.15) is 5.10 Å². The van der Waals surface area contributed by atoms with Gasteiger partial charge in [-0.15, -0.1) is 0 Å². The lowest BCUT2D eigenvalue weighted by atomic mass is 10.3. The Morgan fingerprint density at radius 3 is 3.06 bits per heavy atom. The number of methoxy groups -OCH3 is 1. The van der Waals surface area contributed by atoms with E-state index < -0.39 is 5.97 Å². The summed E-state index contributed by atoms with van der Waals surface area (Å²) in [5, 5.41) is 6.54. The molecule has 1 amide bonds. The van der Waals surface area contributed by atoms with Crippen molar-refractivity contribution in [3.8, 4) is 0 Å². The lowest BCUT2D eigenvalue weighted by Crippen LogP contribution is -2.12. The molecule has 7 heteroatoms. The molecule has 0 spiro atoms. The van der Waals surface area contributed by atoms with Gasteiger partial charge in [-0.3, -0.25) is 14.3 Å². The highest BCUT2D eigenvalue weighted by Crippen LogP contribution is 2.08. The third-order valence-corrected chi connectivity index (χ3v) is 2.19. The molecule has 94 valence electrons. The van der Waals surface area contributed by atoms with Gasteiger partial charge in [0.25, 0.3) is 5.91 Å². The molecule has 0 radical (unpaired) electrons. The number of ether oxygens (including phenoxy) is 1. The number of aromatic nitrogens is 2. The molecule has 7 nitrogen and oxygen atoms in total. The summed E-state index contributed by atoms with van der Waals surface area (Å²) in [5.74, 6) is -0.716. The van der Waals surface area contributed by atoms with E-state index in [1.54, 1.807) is 6.07 Å². The van der Waals surface area contributed by atoms with E-state index in [-0.39, 0.29) is 12.5 Å². The van der Waals surface area contributed by atoms with Crippen LogP contribution < -0.4 is 5.32 Å². The van der Waals surface area contributed by atoms with Gasteiger partial charge in [-0.05, 0) is 6.07 Å². The van der Waals surface area contributed by atoms with Crippen molar-refractivity contribution in [2.24, 2.45) is 0 Å². The minimum atomic E-state index is -0.411. The van der Waals surface area contributed by atoms with Crippen LogP contribution in [0.5, 0.6) is 0 Å². The molecule has 0 saturated heterocycles. The van der Waals surface area contributed by atoms with Crippen molar-refractivity contribution < 1.29 is 18.7 Å². The lowest BCUT2D eigenvalue weighted by Gasteiger charge is -1.99. The molecule has 0 bridgehead atoms. The maximum Gasteiger partial charge on any atom is 0.327 e. The van der Waals surface area contributed by atoms with Crippen molar-refractivity contribution in [1.29, 1.82) is 0 Å². The van der Waals surface area contributed by atoms with Crippen molar-refractivity contribution in [1.82, 2.24) is 9.78 Å². The number of rotatable bonds is 4. The zero-order valence-electron chi connectivity index (χ0n) is 9.62. The SMILES string of the molecule is COC(=O)Cn1cc(NC(=O)c2ccoc2)cn1. The van der Waals surface area contributed by atoms with Crippen LogP contribution in [0.3, 0.4) is 0 Å². The third kappa shape index (κ3) is 2.76. The predicted molar refractivity (Wildman–Crippen MR) is 60.9 cm³/mol. The topological polar surface area (TPSA) is 86.4 Å². The van der Waals surface area contributed by atoms with E-state index in [1.807, 2.05) is 0 Å². The van der Waals surface area contributed by atoms with Gasteiger partial charge >= 0.3 is 5.97 Å². The number of amides is 1. The number of nitrogens with zero attached hydrogens (tertiary/aromatic N) is 2. The zero-order chi connectivity index (χ0) is 13.0. The number of carbonyl (C=O) groups is 2. The average Bonchev–Trinajstić information content (AvgIpc) is 3.00. The van der Waals surface area contributed by atoms with Crippen LogP contribution in [0.25, 0.3) is 0 Å². The van der Waals surface area contributed by atoms with E-state index in [4.69, 9.17) is 4.42 Å². The van der Waals surface area contributed by atoms with E-state index in [0.717, 1.165) is 0 Å². The summed E-state index contributed by atoms with van der Waals surface area (Å²) in [5.41, 5.74) is 0.904. The van der Waals surface area contributed by atoms with Gasteiger partial charge in [0, 0.05) is 6.20 Å². The normalized spacial score (nSPS) is 10.1. The van der Waals surface area contributed by atoms with E-state index in [1.165, 1.54) is 36.7 Å². The van der Waals surface area contributed by atoms with Gasteiger partial charge < -0.3 is 14.5 Å². The molecular formula is C11H11N3O4. The number of hydrogen-bond donors (Lipinski definition) is 1. The van der Waals surface area contributed by atoms with E-state index in [0.29, 0.717) is 11.3 Å². The minimum absolute atomic E-state index is 0.00190. The molecule has 0 aliphatic carbocycles. The fourth-order valence-corrected chi connectivity index (χ4v) is 1.31. The van der Waals surface area contributed by atoms with Crippen LogP contribution in [0.2, 0.25) is 0 Å². The Hall–Kier alpha value is -2.57. The molecule has 0 aliphatic rings.